The third-order valence-electron chi connectivity index (χ3n) is 4.13. The number of hydrogen-bond donors (Lipinski definition) is 2. The molecule has 2 N–H and O–H groups in total. The first-order valence-electron chi connectivity index (χ1n) is 7.69. The number of carboxylic acids is 1. The molecule has 21 heavy (non-hydrogen) atoms. The topological polar surface area (TPSA) is 82.1 Å². The van der Waals surface area contributed by atoms with E-state index in [0.29, 0.717) is 25.7 Å². The van der Waals surface area contributed by atoms with Crippen molar-refractivity contribution in [2.75, 3.05) is 39.3 Å². The highest BCUT2D eigenvalue weighted by atomic mass is 16.5. The summed E-state index contributed by atoms with van der Waals surface area (Å²) in [6.45, 7) is 6.07. The van der Waals surface area contributed by atoms with E-state index < -0.39 is 5.97 Å². The number of nitrogens with zero attached hydrogens (tertiary/aromatic N) is 2. The van der Waals surface area contributed by atoms with Gasteiger partial charge in [0, 0.05) is 45.4 Å². The van der Waals surface area contributed by atoms with Gasteiger partial charge in [-0.15, -0.1) is 0 Å². The molecule has 1 aliphatic carbocycles. The zero-order valence-electron chi connectivity index (χ0n) is 12.6. The second-order valence-electron chi connectivity index (χ2n) is 5.67. The minimum atomic E-state index is -0.774. The summed E-state index contributed by atoms with van der Waals surface area (Å²) < 4.78 is 5.48. The number of carboxylic acid groups (broad SMARTS) is 1. The van der Waals surface area contributed by atoms with E-state index in [9.17, 15) is 9.59 Å². The Kier molecular flexibility index (Phi) is 5.81. The highest BCUT2D eigenvalue weighted by molar-refractivity contribution is 5.74. The molecule has 0 atom stereocenters. The predicted molar refractivity (Wildman–Crippen MR) is 77.2 cm³/mol. The number of ether oxygens (including phenoxy) is 1. The molecule has 0 aromatic heterocycles. The van der Waals surface area contributed by atoms with Crippen LogP contribution in [0.4, 0.5) is 4.79 Å². The van der Waals surface area contributed by atoms with Crippen LogP contribution in [0.15, 0.2) is 0 Å². The Hall–Kier alpha value is -1.34. The number of aliphatic carboxylic acids is 1. The van der Waals surface area contributed by atoms with Crippen molar-refractivity contribution in [1.29, 1.82) is 0 Å². The van der Waals surface area contributed by atoms with Gasteiger partial charge in [-0.05, 0) is 19.8 Å². The number of rotatable bonds is 6. The van der Waals surface area contributed by atoms with Crippen LogP contribution in [0.25, 0.3) is 0 Å². The predicted octanol–water partition coefficient (Wildman–Crippen LogP) is 0.356. The smallest absolute Gasteiger partial charge is 0.317 e. The molecule has 2 aliphatic rings. The van der Waals surface area contributed by atoms with Crippen molar-refractivity contribution >= 4 is 12.0 Å². The molecule has 1 saturated carbocycles. The molecular weight excluding hydrogens is 274 g/mol. The Balaban J connectivity index is 1.61. The second-order valence-corrected chi connectivity index (χ2v) is 5.67. The highest BCUT2D eigenvalue weighted by Crippen LogP contribution is 2.23. The van der Waals surface area contributed by atoms with Crippen molar-refractivity contribution in [1.82, 2.24) is 15.1 Å². The minimum Gasteiger partial charge on any atom is -0.481 e. The fourth-order valence-corrected chi connectivity index (χ4v) is 2.75. The van der Waals surface area contributed by atoms with Gasteiger partial charge >= 0.3 is 12.0 Å². The summed E-state index contributed by atoms with van der Waals surface area (Å²) in [6, 6.07) is 0.229. The Labute approximate surface area is 125 Å². The quantitative estimate of drug-likeness (QED) is 0.740. The number of urea groups is 1. The van der Waals surface area contributed by atoms with E-state index in [4.69, 9.17) is 9.84 Å². The van der Waals surface area contributed by atoms with Gasteiger partial charge in [0.2, 0.25) is 0 Å². The maximum absolute atomic E-state index is 12.1. The maximum atomic E-state index is 12.1. The van der Waals surface area contributed by atoms with E-state index >= 15 is 0 Å². The van der Waals surface area contributed by atoms with E-state index in [0.717, 1.165) is 32.5 Å². The molecule has 0 spiro atoms. The van der Waals surface area contributed by atoms with Gasteiger partial charge in [-0.1, -0.05) is 0 Å². The fraction of sp³-hybridized carbons (Fsp3) is 0.857. The summed E-state index contributed by atoms with van der Waals surface area (Å²) in [7, 11) is 0. The lowest BCUT2D eigenvalue weighted by Gasteiger charge is -2.39. The number of carbonyl (C=O) groups is 2. The summed E-state index contributed by atoms with van der Waals surface area (Å²) in [5.41, 5.74) is 0. The molecule has 0 aromatic carbocycles. The number of nitrogens with one attached hydrogen (secondary N) is 1. The first-order valence-corrected chi connectivity index (χ1v) is 7.69. The van der Waals surface area contributed by atoms with E-state index in [1.54, 1.807) is 0 Å². The van der Waals surface area contributed by atoms with Gasteiger partial charge in [0.1, 0.15) is 0 Å². The molecule has 120 valence electrons. The molecule has 2 amide bonds. The van der Waals surface area contributed by atoms with Crippen LogP contribution >= 0.6 is 0 Å². The first-order chi connectivity index (χ1) is 10.1. The normalized spacial score (nSPS) is 26.2. The van der Waals surface area contributed by atoms with Crippen LogP contribution in [0.5, 0.6) is 0 Å². The maximum Gasteiger partial charge on any atom is 0.317 e. The molecule has 7 heteroatoms. The summed E-state index contributed by atoms with van der Waals surface area (Å²) in [5.74, 6) is -0.774. The molecule has 7 nitrogen and oxygen atoms in total. The zero-order chi connectivity index (χ0) is 15.2. The number of hydrogen-bond acceptors (Lipinski definition) is 4. The minimum absolute atomic E-state index is 0.00664. The molecule has 1 heterocycles. The molecule has 0 unspecified atom stereocenters. The molecule has 2 fully saturated rings. The number of piperazine rings is 1. The standard InChI is InChI=1S/C14H25N3O4/c1-2-21-12-9-11(10-12)15-14(20)17-7-5-16(6-8-17)4-3-13(18)19/h11-12H,2-10H2,1H3,(H,15,20)(H,18,19). The Morgan fingerprint density at radius 2 is 1.90 bits per heavy atom. The summed E-state index contributed by atoms with van der Waals surface area (Å²) in [4.78, 5) is 26.5. The third kappa shape index (κ3) is 4.86. The lowest BCUT2D eigenvalue weighted by Crippen LogP contribution is -2.56. The number of carbonyl (C=O) groups excluding carboxylic acids is 1. The monoisotopic (exact) mass is 299 g/mol. The highest BCUT2D eigenvalue weighted by Gasteiger charge is 2.32. The largest absolute Gasteiger partial charge is 0.481 e. The average molecular weight is 299 g/mol. The van der Waals surface area contributed by atoms with Crippen molar-refractivity contribution in [3.05, 3.63) is 0 Å². The van der Waals surface area contributed by atoms with Crippen LogP contribution < -0.4 is 5.32 Å². The van der Waals surface area contributed by atoms with Crippen LogP contribution in [-0.2, 0) is 9.53 Å². The van der Waals surface area contributed by atoms with Crippen LogP contribution in [-0.4, -0.2) is 78.4 Å². The summed E-state index contributed by atoms with van der Waals surface area (Å²) in [5, 5.41) is 11.7. The van der Waals surface area contributed by atoms with E-state index in [1.807, 2.05) is 11.8 Å². The van der Waals surface area contributed by atoms with Crippen molar-refractivity contribution in [2.24, 2.45) is 0 Å². The van der Waals surface area contributed by atoms with E-state index in [1.165, 1.54) is 0 Å². The van der Waals surface area contributed by atoms with Gasteiger partial charge in [0.05, 0.1) is 12.5 Å². The zero-order valence-corrected chi connectivity index (χ0v) is 12.6. The Bertz CT molecular complexity index is 363. The van der Waals surface area contributed by atoms with Gasteiger partial charge in [-0.3, -0.25) is 9.69 Å². The van der Waals surface area contributed by atoms with Crippen LogP contribution in [0.2, 0.25) is 0 Å². The molecule has 0 aromatic rings. The fourth-order valence-electron chi connectivity index (χ4n) is 2.75. The van der Waals surface area contributed by atoms with Gasteiger partial charge in [0.15, 0.2) is 0 Å². The molecule has 1 saturated heterocycles. The van der Waals surface area contributed by atoms with Crippen molar-refractivity contribution in [3.63, 3.8) is 0 Å². The van der Waals surface area contributed by atoms with Crippen LogP contribution in [0.1, 0.15) is 26.2 Å². The lowest BCUT2D eigenvalue weighted by molar-refractivity contribution is -0.137. The Morgan fingerprint density at radius 3 is 2.48 bits per heavy atom. The van der Waals surface area contributed by atoms with Gasteiger partial charge in [-0.25, -0.2) is 4.79 Å². The van der Waals surface area contributed by atoms with Crippen LogP contribution in [0, 0.1) is 0 Å². The van der Waals surface area contributed by atoms with Gasteiger partial charge < -0.3 is 20.1 Å². The summed E-state index contributed by atoms with van der Waals surface area (Å²) in [6.07, 6.45) is 2.26. The lowest BCUT2D eigenvalue weighted by atomic mass is 9.89. The van der Waals surface area contributed by atoms with Crippen molar-refractivity contribution in [2.45, 2.75) is 38.3 Å². The molecular formula is C14H25N3O4. The van der Waals surface area contributed by atoms with E-state index in [2.05, 4.69) is 10.2 Å². The SMILES string of the molecule is CCOC1CC(NC(=O)N2CCN(CCC(=O)O)CC2)C1. The summed E-state index contributed by atoms with van der Waals surface area (Å²) >= 11 is 0. The Morgan fingerprint density at radius 1 is 1.24 bits per heavy atom. The van der Waals surface area contributed by atoms with Crippen molar-refractivity contribution < 1.29 is 19.4 Å². The molecule has 0 bridgehead atoms. The third-order valence-corrected chi connectivity index (χ3v) is 4.13. The molecule has 1 aliphatic heterocycles. The van der Waals surface area contributed by atoms with Crippen molar-refractivity contribution in [3.8, 4) is 0 Å². The van der Waals surface area contributed by atoms with Gasteiger partial charge in [-0.2, -0.15) is 0 Å². The number of amides is 2. The average Bonchev–Trinajstić information content (AvgIpc) is 2.43. The molecule has 0 radical (unpaired) electrons. The van der Waals surface area contributed by atoms with Crippen LogP contribution in [0.3, 0.4) is 0 Å². The second kappa shape index (κ2) is 7.61. The van der Waals surface area contributed by atoms with Gasteiger partial charge in [0.25, 0.3) is 0 Å². The first kappa shape index (κ1) is 16.0. The van der Waals surface area contributed by atoms with E-state index in [-0.39, 0.29) is 18.5 Å². The molecule has 2 rings (SSSR count).